The second kappa shape index (κ2) is 11.2. The van der Waals surface area contributed by atoms with E-state index in [2.05, 4.69) is 0 Å². The molecule has 0 amide bonds. The molecular weight excluding hydrogens is 472 g/mol. The molecule has 0 aromatic rings. The van der Waals surface area contributed by atoms with Gasteiger partial charge in [0.1, 0.15) is 54.9 Å². The second-order valence-corrected chi connectivity index (χ2v) is 8.01. The van der Waals surface area contributed by atoms with Crippen LogP contribution in [0.25, 0.3) is 0 Å². The van der Waals surface area contributed by atoms with E-state index in [4.69, 9.17) is 23.7 Å². The second-order valence-electron chi connectivity index (χ2n) is 8.01. The maximum atomic E-state index is 10.6. The molecule has 198 valence electrons. The third-order valence-corrected chi connectivity index (χ3v) is 5.77. The van der Waals surface area contributed by atoms with Crippen LogP contribution >= 0.6 is 0 Å². The zero-order valence-electron chi connectivity index (χ0n) is 17.6. The Morgan fingerprint density at radius 3 is 1.82 bits per heavy atom. The molecule has 3 rings (SSSR count). The van der Waals surface area contributed by atoms with Gasteiger partial charge in [-0.05, 0) is 0 Å². The molecule has 13 atom stereocenters. The lowest BCUT2D eigenvalue weighted by molar-refractivity contribution is -0.358. The van der Waals surface area contributed by atoms with Gasteiger partial charge >= 0.3 is 0 Å². The van der Waals surface area contributed by atoms with Crippen LogP contribution < -0.4 is 0 Å². The molecule has 34 heavy (non-hydrogen) atoms. The summed E-state index contributed by atoms with van der Waals surface area (Å²) < 4.78 is 26.2. The molecule has 2 fully saturated rings. The number of rotatable bonds is 7. The Balaban J connectivity index is 1.76. The Hall–Kier alpha value is -1.22. The van der Waals surface area contributed by atoms with Crippen molar-refractivity contribution in [3.05, 3.63) is 11.5 Å². The highest BCUT2D eigenvalue weighted by Gasteiger charge is 2.52. The van der Waals surface area contributed by atoms with Crippen LogP contribution in [0.2, 0.25) is 0 Å². The third kappa shape index (κ3) is 5.15. The van der Waals surface area contributed by atoms with Crippen LogP contribution in [0.3, 0.4) is 0 Å². The van der Waals surface area contributed by atoms with Crippen molar-refractivity contribution in [3.63, 3.8) is 0 Å². The van der Waals surface area contributed by atoms with E-state index in [1.54, 1.807) is 0 Å². The molecule has 16 heteroatoms. The predicted octanol–water partition coefficient (Wildman–Crippen LogP) is -6.53. The maximum Gasteiger partial charge on any atom is 0.229 e. The fraction of sp³-hybridized carbons (Fsp3) is 0.889. The van der Waals surface area contributed by atoms with Crippen molar-refractivity contribution in [1.82, 2.24) is 0 Å². The molecule has 0 unspecified atom stereocenters. The summed E-state index contributed by atoms with van der Waals surface area (Å²) in [6, 6.07) is 0. The zero-order valence-corrected chi connectivity index (χ0v) is 17.6. The summed E-state index contributed by atoms with van der Waals surface area (Å²) in [6.07, 6.45) is -22.3. The first-order valence-corrected chi connectivity index (χ1v) is 10.4. The highest BCUT2D eigenvalue weighted by molar-refractivity contribution is 5.15. The van der Waals surface area contributed by atoms with Crippen LogP contribution in [0.15, 0.2) is 11.5 Å². The Labute approximate surface area is 192 Å². The normalized spacial score (nSPS) is 48.1. The van der Waals surface area contributed by atoms with Gasteiger partial charge in [0.25, 0.3) is 0 Å². The number of aliphatic hydroxyl groups excluding tert-OH is 11. The Morgan fingerprint density at radius 1 is 0.647 bits per heavy atom. The smallest absolute Gasteiger partial charge is 0.229 e. The first-order chi connectivity index (χ1) is 16.0. The number of aliphatic hydroxyl groups is 11. The summed E-state index contributed by atoms with van der Waals surface area (Å²) >= 11 is 0. The minimum Gasteiger partial charge on any atom is -0.506 e. The summed E-state index contributed by atoms with van der Waals surface area (Å²) in [5, 5.41) is 109. The molecule has 3 heterocycles. The van der Waals surface area contributed by atoms with E-state index in [0.717, 1.165) is 0 Å². The van der Waals surface area contributed by atoms with Gasteiger partial charge in [0.2, 0.25) is 6.29 Å². The molecule has 11 N–H and O–H groups in total. The Kier molecular flexibility index (Phi) is 9.04. The molecule has 3 aliphatic rings. The largest absolute Gasteiger partial charge is 0.506 e. The number of hydrogen-bond donors (Lipinski definition) is 11. The van der Waals surface area contributed by atoms with E-state index in [0.29, 0.717) is 0 Å². The quantitative estimate of drug-likeness (QED) is 0.154. The summed E-state index contributed by atoms with van der Waals surface area (Å²) in [5.74, 6) is -1.54. The molecule has 0 bridgehead atoms. The number of ether oxygens (including phenoxy) is 5. The molecule has 3 aliphatic heterocycles. The molecule has 2 saturated heterocycles. The first-order valence-electron chi connectivity index (χ1n) is 10.4. The van der Waals surface area contributed by atoms with E-state index in [-0.39, 0.29) is 0 Å². The van der Waals surface area contributed by atoms with Gasteiger partial charge in [-0.3, -0.25) is 0 Å². The van der Waals surface area contributed by atoms with Gasteiger partial charge in [0.15, 0.2) is 30.2 Å². The predicted molar refractivity (Wildman–Crippen MR) is 101 cm³/mol. The van der Waals surface area contributed by atoms with Crippen molar-refractivity contribution >= 4 is 0 Å². The van der Waals surface area contributed by atoms with Crippen LogP contribution in [0, 0.1) is 0 Å². The van der Waals surface area contributed by atoms with Gasteiger partial charge < -0.3 is 79.9 Å². The monoisotopic (exact) mass is 502 g/mol. The fourth-order valence-electron chi connectivity index (χ4n) is 3.79. The van der Waals surface area contributed by atoms with E-state index in [1.165, 1.54) is 0 Å². The topological polar surface area (TPSA) is 269 Å². The molecule has 0 radical (unpaired) electrons. The van der Waals surface area contributed by atoms with Crippen LogP contribution in [-0.2, 0) is 23.7 Å². The fourth-order valence-corrected chi connectivity index (χ4v) is 3.79. The molecular formula is C18H30O16. The van der Waals surface area contributed by atoms with Gasteiger partial charge in [0, 0.05) is 0 Å². The average molecular weight is 502 g/mol. The molecule has 0 spiro atoms. The summed E-state index contributed by atoms with van der Waals surface area (Å²) in [4.78, 5) is 0. The lowest BCUT2D eigenvalue weighted by Gasteiger charge is -2.46. The molecule has 16 nitrogen and oxygen atoms in total. The molecule has 0 saturated carbocycles. The van der Waals surface area contributed by atoms with Crippen LogP contribution in [0.4, 0.5) is 0 Å². The highest BCUT2D eigenvalue weighted by atomic mass is 16.7. The van der Waals surface area contributed by atoms with Crippen molar-refractivity contribution in [2.45, 2.75) is 79.9 Å². The number of hydrogen-bond acceptors (Lipinski definition) is 16. The van der Waals surface area contributed by atoms with Crippen molar-refractivity contribution in [2.24, 2.45) is 0 Å². The minimum absolute atomic E-state index is 0.610. The zero-order chi connectivity index (χ0) is 25.3. The molecule has 0 aromatic carbocycles. The summed E-state index contributed by atoms with van der Waals surface area (Å²) in [6.45, 7) is -2.40. The van der Waals surface area contributed by atoms with Crippen molar-refractivity contribution < 1.29 is 79.9 Å². The van der Waals surface area contributed by atoms with Gasteiger partial charge in [-0.1, -0.05) is 0 Å². The van der Waals surface area contributed by atoms with Crippen LogP contribution in [0.1, 0.15) is 0 Å². The highest BCUT2D eigenvalue weighted by Crippen LogP contribution is 2.32. The van der Waals surface area contributed by atoms with Gasteiger partial charge in [-0.15, -0.1) is 0 Å². The standard InChI is InChI=1S/C18H30O16/c19-1-4-7(22)8(23)12(27)17(31-4)34-15-6(3-21)32-18(13(28)10(15)25)33-14-5(2-20)30-16(29)11(26)9(14)24/h4-8,10-13,15-29H,1-3H2/t4-,5-,6-,7-,8+,10-,11-,12-,13-,15-,16+,17-,18-/m1/s1. The van der Waals surface area contributed by atoms with Gasteiger partial charge in [-0.25, -0.2) is 0 Å². The van der Waals surface area contributed by atoms with E-state index < -0.39 is 111 Å². The van der Waals surface area contributed by atoms with E-state index in [9.17, 15) is 56.2 Å². The van der Waals surface area contributed by atoms with Crippen molar-refractivity contribution in [3.8, 4) is 0 Å². The lowest BCUT2D eigenvalue weighted by atomic mass is 9.97. The van der Waals surface area contributed by atoms with Crippen molar-refractivity contribution in [2.75, 3.05) is 19.8 Å². The van der Waals surface area contributed by atoms with Crippen LogP contribution in [-0.4, -0.2) is 156 Å². The lowest BCUT2D eigenvalue weighted by Crippen LogP contribution is -2.64. The van der Waals surface area contributed by atoms with Crippen LogP contribution in [0.5, 0.6) is 0 Å². The SMILES string of the molecule is OC[C@H]1O[C@H](O)[C@H](O)C(O)=C1O[C@H]1O[C@H](CO)[C@@H](O[C@H]2O[C@H](CO)[C@@H](O)[C@H](O)[C@H]2O)[C@H](O)[C@H]1O. The molecule has 0 aliphatic carbocycles. The maximum absolute atomic E-state index is 10.6. The third-order valence-electron chi connectivity index (χ3n) is 5.77. The van der Waals surface area contributed by atoms with E-state index >= 15 is 0 Å². The van der Waals surface area contributed by atoms with E-state index in [1.807, 2.05) is 0 Å². The van der Waals surface area contributed by atoms with Gasteiger partial charge in [0.05, 0.1) is 19.8 Å². The first kappa shape index (κ1) is 27.4. The summed E-state index contributed by atoms with van der Waals surface area (Å²) in [7, 11) is 0. The van der Waals surface area contributed by atoms with Crippen molar-refractivity contribution in [1.29, 1.82) is 0 Å². The Morgan fingerprint density at radius 2 is 1.24 bits per heavy atom. The molecule has 0 aromatic heterocycles. The minimum atomic E-state index is -1.95. The average Bonchev–Trinajstić information content (AvgIpc) is 2.83. The summed E-state index contributed by atoms with van der Waals surface area (Å²) in [5.41, 5.74) is 0. The Bertz CT molecular complexity index is 701. The van der Waals surface area contributed by atoms with Gasteiger partial charge in [-0.2, -0.15) is 0 Å².